The molecular weight excluding hydrogens is 456 g/mol. The van der Waals surface area contributed by atoms with Gasteiger partial charge in [-0.05, 0) is 70.8 Å². The average molecular weight is 483 g/mol. The molecule has 180 valence electrons. The molecule has 5 nitrogen and oxygen atoms in total. The molecule has 0 saturated heterocycles. The molecule has 0 fully saturated rings. The SMILES string of the molecule is CN1C=CN(c2cccc(Oc3cccc(-c4cc(-c5ccccc5-c5ccncc5)ccn4)c3)c2)C1. The Morgan fingerprint density at radius 1 is 0.649 bits per heavy atom. The van der Waals surface area contributed by atoms with Crippen molar-refractivity contribution in [1.29, 1.82) is 0 Å². The zero-order valence-electron chi connectivity index (χ0n) is 20.5. The zero-order chi connectivity index (χ0) is 25.0. The van der Waals surface area contributed by atoms with Crippen LogP contribution in [0.25, 0.3) is 33.5 Å². The maximum Gasteiger partial charge on any atom is 0.129 e. The van der Waals surface area contributed by atoms with Gasteiger partial charge in [0.2, 0.25) is 0 Å². The lowest BCUT2D eigenvalue weighted by Crippen LogP contribution is -2.21. The number of ether oxygens (including phenoxy) is 1. The Morgan fingerprint density at radius 3 is 2.16 bits per heavy atom. The summed E-state index contributed by atoms with van der Waals surface area (Å²) in [5.41, 5.74) is 7.56. The molecule has 2 aromatic heterocycles. The van der Waals surface area contributed by atoms with Crippen LogP contribution >= 0.6 is 0 Å². The Kier molecular flexibility index (Phi) is 6.09. The summed E-state index contributed by atoms with van der Waals surface area (Å²) < 4.78 is 6.26. The van der Waals surface area contributed by atoms with Gasteiger partial charge in [-0.25, -0.2) is 0 Å². The van der Waals surface area contributed by atoms with Gasteiger partial charge >= 0.3 is 0 Å². The van der Waals surface area contributed by atoms with Crippen molar-refractivity contribution in [3.63, 3.8) is 0 Å². The van der Waals surface area contributed by atoms with Crippen LogP contribution in [0.2, 0.25) is 0 Å². The highest BCUT2D eigenvalue weighted by molar-refractivity contribution is 5.84. The van der Waals surface area contributed by atoms with Gasteiger partial charge in [0.1, 0.15) is 11.5 Å². The van der Waals surface area contributed by atoms with E-state index in [0.717, 1.165) is 57.4 Å². The predicted octanol–water partition coefficient (Wildman–Crippen LogP) is 7.45. The molecule has 5 aromatic rings. The van der Waals surface area contributed by atoms with E-state index in [2.05, 4.69) is 93.8 Å². The molecule has 0 unspecified atom stereocenters. The molecule has 3 heterocycles. The normalized spacial score (nSPS) is 12.7. The molecule has 0 aliphatic carbocycles. The summed E-state index contributed by atoms with van der Waals surface area (Å²) in [6.45, 7) is 0.825. The molecule has 0 atom stereocenters. The first kappa shape index (κ1) is 22.6. The first-order chi connectivity index (χ1) is 18.2. The van der Waals surface area contributed by atoms with Crippen molar-refractivity contribution in [2.75, 3.05) is 18.6 Å². The lowest BCUT2D eigenvalue weighted by atomic mass is 9.95. The molecule has 37 heavy (non-hydrogen) atoms. The van der Waals surface area contributed by atoms with Gasteiger partial charge in [0.15, 0.2) is 0 Å². The van der Waals surface area contributed by atoms with Crippen molar-refractivity contribution in [1.82, 2.24) is 14.9 Å². The average Bonchev–Trinajstić information content (AvgIpc) is 3.40. The fraction of sp³-hybridized carbons (Fsp3) is 0.0625. The maximum atomic E-state index is 6.26. The van der Waals surface area contributed by atoms with E-state index >= 15 is 0 Å². The maximum absolute atomic E-state index is 6.26. The minimum Gasteiger partial charge on any atom is -0.457 e. The first-order valence-electron chi connectivity index (χ1n) is 12.2. The molecule has 6 rings (SSSR count). The molecule has 5 heteroatoms. The second-order valence-corrected chi connectivity index (χ2v) is 9.00. The van der Waals surface area contributed by atoms with E-state index < -0.39 is 0 Å². The molecule has 0 amide bonds. The molecule has 0 spiro atoms. The topological polar surface area (TPSA) is 41.5 Å². The highest BCUT2D eigenvalue weighted by Crippen LogP contribution is 2.34. The number of anilines is 1. The largest absolute Gasteiger partial charge is 0.457 e. The second-order valence-electron chi connectivity index (χ2n) is 9.00. The van der Waals surface area contributed by atoms with Crippen molar-refractivity contribution >= 4 is 5.69 Å². The van der Waals surface area contributed by atoms with Crippen LogP contribution in [-0.4, -0.2) is 28.6 Å². The smallest absolute Gasteiger partial charge is 0.129 e. The van der Waals surface area contributed by atoms with Gasteiger partial charge in [0, 0.05) is 55.4 Å². The van der Waals surface area contributed by atoms with Crippen LogP contribution < -0.4 is 9.64 Å². The van der Waals surface area contributed by atoms with Gasteiger partial charge in [-0.2, -0.15) is 0 Å². The summed E-state index contributed by atoms with van der Waals surface area (Å²) in [6.07, 6.45) is 9.65. The van der Waals surface area contributed by atoms with Crippen LogP contribution in [0.4, 0.5) is 5.69 Å². The van der Waals surface area contributed by atoms with Crippen molar-refractivity contribution in [2.24, 2.45) is 0 Å². The lowest BCUT2D eigenvalue weighted by molar-refractivity contribution is 0.481. The number of benzene rings is 3. The van der Waals surface area contributed by atoms with Crippen LogP contribution in [-0.2, 0) is 0 Å². The van der Waals surface area contributed by atoms with E-state index in [9.17, 15) is 0 Å². The standard InChI is InChI=1S/C32H26N4O/c1-35-18-19-36(23-35)27-7-5-9-29(22-27)37-28-8-4-6-26(20-28)32-21-25(14-17-34-32)31-11-3-2-10-30(31)24-12-15-33-16-13-24/h2-22H,23H2,1H3. The molecule has 0 saturated carbocycles. The minimum atomic E-state index is 0.771. The van der Waals surface area contributed by atoms with E-state index in [-0.39, 0.29) is 0 Å². The van der Waals surface area contributed by atoms with Gasteiger partial charge in [-0.15, -0.1) is 0 Å². The lowest BCUT2D eigenvalue weighted by Gasteiger charge is -2.19. The fourth-order valence-electron chi connectivity index (χ4n) is 4.55. The Morgan fingerprint density at radius 2 is 1.38 bits per heavy atom. The molecule has 3 aromatic carbocycles. The van der Waals surface area contributed by atoms with Crippen molar-refractivity contribution in [3.05, 3.63) is 128 Å². The Labute approximate surface area is 216 Å². The zero-order valence-corrected chi connectivity index (χ0v) is 20.5. The molecule has 1 aliphatic rings. The number of aromatic nitrogens is 2. The van der Waals surface area contributed by atoms with Gasteiger partial charge in [0.25, 0.3) is 0 Å². The predicted molar refractivity (Wildman–Crippen MR) is 149 cm³/mol. The molecule has 1 aliphatic heterocycles. The number of rotatable bonds is 6. The van der Waals surface area contributed by atoms with Gasteiger partial charge < -0.3 is 14.5 Å². The van der Waals surface area contributed by atoms with E-state index in [4.69, 9.17) is 4.74 Å². The molecular formula is C32H26N4O. The van der Waals surface area contributed by atoms with Crippen molar-refractivity contribution in [3.8, 4) is 45.0 Å². The number of hydrogen-bond acceptors (Lipinski definition) is 5. The highest BCUT2D eigenvalue weighted by Gasteiger charge is 2.12. The summed E-state index contributed by atoms with van der Waals surface area (Å²) in [5.74, 6) is 1.57. The summed E-state index contributed by atoms with van der Waals surface area (Å²) in [7, 11) is 2.06. The quantitative estimate of drug-likeness (QED) is 0.251. The highest BCUT2D eigenvalue weighted by atomic mass is 16.5. The minimum absolute atomic E-state index is 0.771. The number of pyridine rings is 2. The van der Waals surface area contributed by atoms with Crippen molar-refractivity contribution in [2.45, 2.75) is 0 Å². The van der Waals surface area contributed by atoms with Gasteiger partial charge in [0.05, 0.1) is 12.4 Å². The van der Waals surface area contributed by atoms with Crippen LogP contribution in [0, 0.1) is 0 Å². The van der Waals surface area contributed by atoms with E-state index in [1.165, 1.54) is 0 Å². The van der Waals surface area contributed by atoms with Crippen LogP contribution in [0.5, 0.6) is 11.5 Å². The van der Waals surface area contributed by atoms with Crippen molar-refractivity contribution < 1.29 is 4.74 Å². The Hall–Kier alpha value is -4.90. The van der Waals surface area contributed by atoms with Crippen LogP contribution in [0.1, 0.15) is 0 Å². The summed E-state index contributed by atoms with van der Waals surface area (Å²) in [4.78, 5) is 13.2. The summed E-state index contributed by atoms with van der Waals surface area (Å²) in [5, 5.41) is 0. The van der Waals surface area contributed by atoms with E-state index in [1.54, 1.807) is 0 Å². The second kappa shape index (κ2) is 9.99. The monoisotopic (exact) mass is 482 g/mol. The Balaban J connectivity index is 1.28. The Bertz CT molecular complexity index is 1560. The number of hydrogen-bond donors (Lipinski definition) is 0. The van der Waals surface area contributed by atoms with Gasteiger partial charge in [-0.3, -0.25) is 9.97 Å². The van der Waals surface area contributed by atoms with Crippen LogP contribution in [0.15, 0.2) is 128 Å². The fourth-order valence-corrected chi connectivity index (χ4v) is 4.55. The third kappa shape index (κ3) is 4.93. The summed E-state index contributed by atoms with van der Waals surface area (Å²) in [6, 6.07) is 32.9. The van der Waals surface area contributed by atoms with E-state index in [0.29, 0.717) is 0 Å². The van der Waals surface area contributed by atoms with E-state index in [1.807, 2.05) is 61.1 Å². The molecule has 0 radical (unpaired) electrons. The van der Waals surface area contributed by atoms with Crippen LogP contribution in [0.3, 0.4) is 0 Å². The number of nitrogens with zero attached hydrogens (tertiary/aromatic N) is 4. The molecule has 0 bridgehead atoms. The third-order valence-electron chi connectivity index (χ3n) is 6.38. The van der Waals surface area contributed by atoms with Gasteiger partial charge in [-0.1, -0.05) is 42.5 Å². The summed E-state index contributed by atoms with van der Waals surface area (Å²) >= 11 is 0. The molecule has 0 N–H and O–H groups in total. The third-order valence-corrected chi connectivity index (χ3v) is 6.38. The first-order valence-corrected chi connectivity index (χ1v) is 12.2.